The quantitative estimate of drug-likeness (QED) is 0.801. The minimum absolute atomic E-state index is 0.144. The number of aliphatic hydroxyl groups excluding tert-OH is 1. The maximum atomic E-state index is 10.3. The van der Waals surface area contributed by atoms with Crippen molar-refractivity contribution in [2.45, 2.75) is 25.6 Å². The van der Waals surface area contributed by atoms with Gasteiger partial charge < -0.3 is 9.84 Å². The minimum Gasteiger partial charge on any atom is -0.367 e. The smallest absolute Gasteiger partial charge is 0.165 e. The van der Waals surface area contributed by atoms with Crippen molar-refractivity contribution in [3.8, 4) is 0 Å². The summed E-state index contributed by atoms with van der Waals surface area (Å²) in [6, 6.07) is 20.0. The molecule has 2 heteroatoms. The van der Waals surface area contributed by atoms with Crippen molar-refractivity contribution >= 4 is 0 Å². The van der Waals surface area contributed by atoms with Crippen molar-refractivity contribution in [3.05, 3.63) is 71.8 Å². The Kier molecular flexibility index (Phi) is 5.13. The summed E-state index contributed by atoms with van der Waals surface area (Å²) in [7, 11) is 0. The van der Waals surface area contributed by atoms with Crippen LogP contribution in [0.5, 0.6) is 0 Å². The van der Waals surface area contributed by atoms with E-state index >= 15 is 0 Å². The van der Waals surface area contributed by atoms with Crippen LogP contribution in [0.4, 0.5) is 0 Å². The highest BCUT2D eigenvalue weighted by atomic mass is 16.6. The average molecular weight is 256 g/mol. The van der Waals surface area contributed by atoms with Crippen molar-refractivity contribution in [1.29, 1.82) is 0 Å². The predicted octanol–water partition coefficient (Wildman–Crippen LogP) is 3.56. The number of hydrogen-bond donors (Lipinski definition) is 1. The van der Waals surface area contributed by atoms with Crippen LogP contribution in [0.2, 0.25) is 0 Å². The number of hydrogen-bond acceptors (Lipinski definition) is 2. The van der Waals surface area contributed by atoms with Gasteiger partial charge in [0, 0.05) is 6.61 Å². The predicted molar refractivity (Wildman–Crippen MR) is 77.0 cm³/mol. The van der Waals surface area contributed by atoms with Crippen LogP contribution in [0.15, 0.2) is 60.7 Å². The standard InChI is InChI=1S/C17H20O2/c1-2-13-19-17(18)16(14-9-5-3-6-10-14)15-11-7-4-8-12-15/h3-12,16-18H,2,13H2,1H3. The van der Waals surface area contributed by atoms with Crippen molar-refractivity contribution in [2.75, 3.05) is 6.61 Å². The van der Waals surface area contributed by atoms with E-state index in [9.17, 15) is 5.11 Å². The Morgan fingerprint density at radius 1 is 0.895 bits per heavy atom. The lowest BCUT2D eigenvalue weighted by Gasteiger charge is -2.24. The molecule has 1 atom stereocenters. The molecule has 2 rings (SSSR count). The van der Waals surface area contributed by atoms with Crippen molar-refractivity contribution in [2.24, 2.45) is 0 Å². The fourth-order valence-corrected chi connectivity index (χ4v) is 2.18. The Morgan fingerprint density at radius 2 is 1.37 bits per heavy atom. The molecule has 0 saturated heterocycles. The van der Waals surface area contributed by atoms with Crippen molar-refractivity contribution < 1.29 is 9.84 Å². The third-order valence-electron chi connectivity index (χ3n) is 3.10. The van der Waals surface area contributed by atoms with E-state index in [1.807, 2.05) is 67.6 Å². The fraction of sp³-hybridized carbons (Fsp3) is 0.294. The fourth-order valence-electron chi connectivity index (χ4n) is 2.18. The van der Waals surface area contributed by atoms with E-state index in [1.165, 1.54) is 0 Å². The molecule has 0 aliphatic heterocycles. The summed E-state index contributed by atoms with van der Waals surface area (Å²) in [5, 5.41) is 10.3. The average Bonchev–Trinajstić information content (AvgIpc) is 2.47. The maximum absolute atomic E-state index is 10.3. The van der Waals surface area contributed by atoms with Gasteiger partial charge in [0.25, 0.3) is 0 Å². The van der Waals surface area contributed by atoms with E-state index < -0.39 is 6.29 Å². The van der Waals surface area contributed by atoms with E-state index in [-0.39, 0.29) is 5.92 Å². The molecule has 2 nitrogen and oxygen atoms in total. The Hall–Kier alpha value is -1.64. The molecule has 0 saturated carbocycles. The van der Waals surface area contributed by atoms with Gasteiger partial charge in [-0.1, -0.05) is 67.6 Å². The second kappa shape index (κ2) is 7.07. The summed E-state index contributed by atoms with van der Waals surface area (Å²) in [5.41, 5.74) is 2.13. The Bertz CT molecular complexity index is 428. The number of benzene rings is 2. The third kappa shape index (κ3) is 3.66. The highest BCUT2D eigenvalue weighted by Crippen LogP contribution is 2.28. The van der Waals surface area contributed by atoms with Crippen molar-refractivity contribution in [3.63, 3.8) is 0 Å². The second-order valence-corrected chi connectivity index (χ2v) is 4.56. The topological polar surface area (TPSA) is 29.5 Å². The lowest BCUT2D eigenvalue weighted by atomic mass is 9.91. The molecule has 2 aromatic carbocycles. The van der Waals surface area contributed by atoms with Crippen molar-refractivity contribution in [1.82, 2.24) is 0 Å². The summed E-state index contributed by atoms with van der Waals surface area (Å²) < 4.78 is 5.52. The maximum Gasteiger partial charge on any atom is 0.165 e. The van der Waals surface area contributed by atoms with Gasteiger partial charge in [0.2, 0.25) is 0 Å². The highest BCUT2D eigenvalue weighted by Gasteiger charge is 2.23. The van der Waals surface area contributed by atoms with Crippen LogP contribution in [-0.2, 0) is 4.74 Å². The first-order valence-corrected chi connectivity index (χ1v) is 6.72. The van der Waals surface area contributed by atoms with E-state index in [0.29, 0.717) is 6.61 Å². The summed E-state index contributed by atoms with van der Waals surface area (Å²) in [5.74, 6) is -0.144. The van der Waals surface area contributed by atoms with Crippen LogP contribution in [0.25, 0.3) is 0 Å². The molecule has 0 radical (unpaired) electrons. The first-order valence-electron chi connectivity index (χ1n) is 6.72. The van der Waals surface area contributed by atoms with Gasteiger partial charge in [0.15, 0.2) is 6.29 Å². The van der Waals surface area contributed by atoms with Gasteiger partial charge in [-0.25, -0.2) is 0 Å². The van der Waals surface area contributed by atoms with Gasteiger partial charge in [-0.15, -0.1) is 0 Å². The number of aliphatic hydroxyl groups is 1. The van der Waals surface area contributed by atoms with E-state index in [2.05, 4.69) is 0 Å². The molecular weight excluding hydrogens is 236 g/mol. The zero-order valence-corrected chi connectivity index (χ0v) is 11.2. The van der Waals surface area contributed by atoms with Gasteiger partial charge in [-0.2, -0.15) is 0 Å². The van der Waals surface area contributed by atoms with Gasteiger partial charge in [0.05, 0.1) is 5.92 Å². The minimum atomic E-state index is -0.815. The first-order chi connectivity index (χ1) is 9.33. The molecule has 0 spiro atoms. The summed E-state index contributed by atoms with van der Waals surface area (Å²) in [6.07, 6.45) is 0.0811. The van der Waals surface area contributed by atoms with E-state index in [1.54, 1.807) is 0 Å². The molecule has 1 unspecified atom stereocenters. The van der Waals surface area contributed by atoms with E-state index in [0.717, 1.165) is 17.5 Å². The zero-order chi connectivity index (χ0) is 13.5. The van der Waals surface area contributed by atoms with Crippen LogP contribution >= 0.6 is 0 Å². The van der Waals surface area contributed by atoms with Gasteiger partial charge >= 0.3 is 0 Å². The molecule has 0 aliphatic rings. The summed E-state index contributed by atoms with van der Waals surface area (Å²) in [4.78, 5) is 0. The van der Waals surface area contributed by atoms with E-state index in [4.69, 9.17) is 4.74 Å². The van der Waals surface area contributed by atoms with Crippen LogP contribution < -0.4 is 0 Å². The van der Waals surface area contributed by atoms with Crippen LogP contribution in [0, 0.1) is 0 Å². The molecule has 0 bridgehead atoms. The molecule has 100 valence electrons. The SMILES string of the molecule is CCCOC(O)C(c1ccccc1)c1ccccc1. The monoisotopic (exact) mass is 256 g/mol. The molecule has 1 N–H and O–H groups in total. The Morgan fingerprint density at radius 3 is 1.79 bits per heavy atom. The van der Waals surface area contributed by atoms with Gasteiger partial charge in [-0.05, 0) is 17.5 Å². The number of ether oxygens (including phenoxy) is 1. The lowest BCUT2D eigenvalue weighted by Crippen LogP contribution is -2.23. The molecule has 0 aromatic heterocycles. The Labute approximate surface area is 114 Å². The normalized spacial score (nSPS) is 12.6. The van der Waals surface area contributed by atoms with Crippen LogP contribution in [0.1, 0.15) is 30.4 Å². The zero-order valence-electron chi connectivity index (χ0n) is 11.2. The van der Waals surface area contributed by atoms with Crippen LogP contribution in [-0.4, -0.2) is 18.0 Å². The first kappa shape index (κ1) is 13.8. The molecular formula is C17H20O2. The Balaban J connectivity index is 2.29. The van der Waals surface area contributed by atoms with Gasteiger partial charge in [-0.3, -0.25) is 0 Å². The largest absolute Gasteiger partial charge is 0.367 e. The second-order valence-electron chi connectivity index (χ2n) is 4.56. The number of rotatable bonds is 6. The summed E-state index contributed by atoms with van der Waals surface area (Å²) in [6.45, 7) is 2.60. The van der Waals surface area contributed by atoms with Crippen LogP contribution in [0.3, 0.4) is 0 Å². The molecule has 19 heavy (non-hydrogen) atoms. The lowest BCUT2D eigenvalue weighted by molar-refractivity contribution is -0.108. The molecule has 0 fully saturated rings. The summed E-state index contributed by atoms with van der Waals surface area (Å²) >= 11 is 0. The molecule has 0 amide bonds. The molecule has 2 aromatic rings. The highest BCUT2D eigenvalue weighted by molar-refractivity contribution is 5.33. The van der Waals surface area contributed by atoms with Gasteiger partial charge in [0.1, 0.15) is 0 Å². The molecule has 0 aliphatic carbocycles. The molecule has 0 heterocycles. The third-order valence-corrected chi connectivity index (χ3v) is 3.10.